The summed E-state index contributed by atoms with van der Waals surface area (Å²) in [6.07, 6.45) is 6.34. The number of carbonyl (C=O) groups excluding carboxylic acids is 1. The normalized spacial score (nSPS) is 19.1. The Morgan fingerprint density at radius 3 is 2.43 bits per heavy atom. The van der Waals surface area contributed by atoms with E-state index in [2.05, 4.69) is 15.4 Å². The van der Waals surface area contributed by atoms with Crippen molar-refractivity contribution in [2.45, 2.75) is 24.8 Å². The number of aromatic nitrogens is 4. The number of hydrogen-bond donors (Lipinski definition) is 1. The van der Waals surface area contributed by atoms with Crippen molar-refractivity contribution in [1.29, 1.82) is 0 Å². The lowest BCUT2D eigenvalue weighted by molar-refractivity contribution is 0.0692. The second-order valence-corrected chi connectivity index (χ2v) is 12.7. The SMILES string of the molecule is CS(=O)(=O)N1CCN(C(=O)c2cc(CCN[C@@H]3C[C@H]3c3ccc(F)cc3)nc(-c3ccc(-n4cccn4)cc3)n2)CC1. The van der Waals surface area contributed by atoms with Crippen LogP contribution < -0.4 is 5.32 Å². The Morgan fingerprint density at radius 1 is 1.02 bits per heavy atom. The minimum Gasteiger partial charge on any atom is -0.335 e. The van der Waals surface area contributed by atoms with Crippen molar-refractivity contribution < 1.29 is 17.6 Å². The molecule has 2 atom stereocenters. The first-order chi connectivity index (χ1) is 20.2. The standard InChI is InChI=1S/C30H32FN7O3S/c1-42(40,41)37-17-15-36(16-18-37)30(39)28-19-24(11-13-32-27-20-26(27)21-3-7-23(31)8-4-21)34-29(35-28)22-5-9-25(10-6-22)38-14-2-12-33-38/h2-10,12,14,19,26-27,32H,11,13,15-18,20H2,1H3/t26-,27+/m0/s1. The first-order valence-electron chi connectivity index (χ1n) is 14.0. The molecule has 1 N–H and O–H groups in total. The van der Waals surface area contributed by atoms with Crippen molar-refractivity contribution in [1.82, 2.24) is 34.3 Å². The molecule has 0 bridgehead atoms. The van der Waals surface area contributed by atoms with E-state index in [1.807, 2.05) is 48.7 Å². The predicted octanol–water partition coefficient (Wildman–Crippen LogP) is 2.87. The number of sulfonamides is 1. The Labute approximate surface area is 244 Å². The molecule has 218 valence electrons. The van der Waals surface area contributed by atoms with Crippen LogP contribution in [0.2, 0.25) is 0 Å². The monoisotopic (exact) mass is 589 g/mol. The van der Waals surface area contributed by atoms with E-state index in [-0.39, 0.29) is 30.5 Å². The number of halogens is 1. The Bertz CT molecular complexity index is 1650. The molecule has 0 radical (unpaired) electrons. The van der Waals surface area contributed by atoms with Crippen LogP contribution in [-0.4, -0.2) is 88.3 Å². The lowest BCUT2D eigenvalue weighted by atomic mass is 10.1. The molecule has 42 heavy (non-hydrogen) atoms. The maximum absolute atomic E-state index is 13.5. The Balaban J connectivity index is 1.18. The average Bonchev–Trinajstić information content (AvgIpc) is 3.54. The number of carbonyl (C=O) groups is 1. The van der Waals surface area contributed by atoms with Crippen LogP contribution >= 0.6 is 0 Å². The lowest BCUT2D eigenvalue weighted by Gasteiger charge is -2.33. The van der Waals surface area contributed by atoms with Crippen molar-refractivity contribution in [2.75, 3.05) is 39.0 Å². The second-order valence-electron chi connectivity index (χ2n) is 10.7. The average molecular weight is 590 g/mol. The summed E-state index contributed by atoms with van der Waals surface area (Å²) in [5.74, 6) is 0.339. The van der Waals surface area contributed by atoms with E-state index in [9.17, 15) is 17.6 Å². The molecule has 0 unspecified atom stereocenters. The van der Waals surface area contributed by atoms with Gasteiger partial charge in [-0.3, -0.25) is 4.79 Å². The maximum Gasteiger partial charge on any atom is 0.272 e. The minimum atomic E-state index is -3.31. The molecule has 1 aliphatic carbocycles. The third kappa shape index (κ3) is 6.40. The van der Waals surface area contributed by atoms with Crippen LogP contribution in [0.25, 0.3) is 17.1 Å². The highest BCUT2D eigenvalue weighted by atomic mass is 32.2. The van der Waals surface area contributed by atoms with Crippen molar-refractivity contribution in [3.63, 3.8) is 0 Å². The van der Waals surface area contributed by atoms with Gasteiger partial charge in [0.15, 0.2) is 5.82 Å². The van der Waals surface area contributed by atoms with Gasteiger partial charge in [-0.15, -0.1) is 0 Å². The summed E-state index contributed by atoms with van der Waals surface area (Å²) in [5, 5.41) is 7.82. The topological polar surface area (TPSA) is 113 Å². The van der Waals surface area contributed by atoms with Crippen LogP contribution in [0.4, 0.5) is 4.39 Å². The van der Waals surface area contributed by atoms with Crippen LogP contribution in [0, 0.1) is 5.82 Å². The smallest absolute Gasteiger partial charge is 0.272 e. The van der Waals surface area contributed by atoms with Gasteiger partial charge in [0, 0.05) is 74.8 Å². The minimum absolute atomic E-state index is 0.234. The molecular weight excluding hydrogens is 557 g/mol. The fourth-order valence-electron chi connectivity index (χ4n) is 5.32. The fraction of sp³-hybridized carbons (Fsp3) is 0.333. The number of nitrogens with zero attached hydrogens (tertiary/aromatic N) is 6. The van der Waals surface area contributed by atoms with E-state index >= 15 is 0 Å². The van der Waals surface area contributed by atoms with Gasteiger partial charge < -0.3 is 10.2 Å². The molecule has 2 aromatic carbocycles. The summed E-state index contributed by atoms with van der Waals surface area (Å²) >= 11 is 0. The number of benzene rings is 2. The van der Waals surface area contributed by atoms with Gasteiger partial charge in [-0.05, 0) is 60.5 Å². The highest BCUT2D eigenvalue weighted by Crippen LogP contribution is 2.40. The van der Waals surface area contributed by atoms with Gasteiger partial charge in [0.1, 0.15) is 11.5 Å². The molecule has 6 rings (SSSR count). The van der Waals surface area contributed by atoms with Gasteiger partial charge in [0.05, 0.1) is 11.9 Å². The predicted molar refractivity (Wildman–Crippen MR) is 156 cm³/mol. The highest BCUT2D eigenvalue weighted by molar-refractivity contribution is 7.88. The molecule has 1 saturated carbocycles. The summed E-state index contributed by atoms with van der Waals surface area (Å²) in [6.45, 7) is 1.77. The largest absolute Gasteiger partial charge is 0.335 e. The zero-order valence-corrected chi connectivity index (χ0v) is 24.0. The van der Waals surface area contributed by atoms with Crippen molar-refractivity contribution in [3.05, 3.63) is 95.8 Å². The van der Waals surface area contributed by atoms with Crippen LogP contribution in [-0.2, 0) is 16.4 Å². The molecule has 2 aliphatic rings. The summed E-state index contributed by atoms with van der Waals surface area (Å²) in [5.41, 5.74) is 3.82. The van der Waals surface area contributed by atoms with Gasteiger partial charge in [-0.2, -0.15) is 9.40 Å². The molecule has 1 amide bonds. The first kappa shape index (κ1) is 28.1. The number of piperazine rings is 1. The van der Waals surface area contributed by atoms with Gasteiger partial charge in [-0.25, -0.2) is 27.5 Å². The molecule has 1 saturated heterocycles. The molecule has 2 fully saturated rings. The fourth-order valence-corrected chi connectivity index (χ4v) is 6.15. The Hall–Kier alpha value is -4.00. The van der Waals surface area contributed by atoms with Gasteiger partial charge in [-0.1, -0.05) is 12.1 Å². The van der Waals surface area contributed by atoms with E-state index in [1.165, 1.54) is 22.7 Å². The maximum atomic E-state index is 13.5. The molecule has 10 nitrogen and oxygen atoms in total. The van der Waals surface area contributed by atoms with Crippen LogP contribution in [0.15, 0.2) is 73.1 Å². The third-order valence-electron chi connectivity index (χ3n) is 7.76. The zero-order valence-electron chi connectivity index (χ0n) is 23.2. The molecule has 4 aromatic rings. The highest BCUT2D eigenvalue weighted by Gasteiger charge is 2.37. The van der Waals surface area contributed by atoms with Gasteiger partial charge >= 0.3 is 0 Å². The molecule has 1 aliphatic heterocycles. The molecule has 0 spiro atoms. The van der Waals surface area contributed by atoms with Crippen molar-refractivity contribution >= 4 is 15.9 Å². The van der Waals surface area contributed by atoms with E-state index in [4.69, 9.17) is 4.98 Å². The van der Waals surface area contributed by atoms with Gasteiger partial charge in [0.2, 0.25) is 10.0 Å². The second kappa shape index (κ2) is 11.7. The lowest BCUT2D eigenvalue weighted by Crippen LogP contribution is -2.50. The number of nitrogens with one attached hydrogen (secondary N) is 1. The first-order valence-corrected chi connectivity index (χ1v) is 15.8. The number of rotatable bonds is 9. The molecule has 2 aromatic heterocycles. The number of amides is 1. The van der Waals surface area contributed by atoms with Crippen molar-refractivity contribution in [3.8, 4) is 17.1 Å². The summed E-state index contributed by atoms with van der Waals surface area (Å²) in [6, 6.07) is 18.2. The Kier molecular flexibility index (Phi) is 7.84. The molecular formula is C30H32FN7O3S. The molecule has 3 heterocycles. The van der Waals surface area contributed by atoms with Crippen molar-refractivity contribution in [2.24, 2.45) is 0 Å². The van der Waals surface area contributed by atoms with Crippen LogP contribution in [0.5, 0.6) is 0 Å². The summed E-state index contributed by atoms with van der Waals surface area (Å²) in [4.78, 5) is 24.6. The van der Waals surface area contributed by atoms with Crippen LogP contribution in [0.3, 0.4) is 0 Å². The summed E-state index contributed by atoms with van der Waals surface area (Å²) in [7, 11) is -3.31. The Morgan fingerprint density at radius 2 is 1.76 bits per heavy atom. The molecule has 12 heteroatoms. The van der Waals surface area contributed by atoms with E-state index in [0.29, 0.717) is 43.8 Å². The van der Waals surface area contributed by atoms with E-state index in [0.717, 1.165) is 28.9 Å². The zero-order chi connectivity index (χ0) is 29.3. The number of hydrogen-bond acceptors (Lipinski definition) is 7. The van der Waals surface area contributed by atoms with E-state index in [1.54, 1.807) is 21.8 Å². The van der Waals surface area contributed by atoms with Crippen LogP contribution in [0.1, 0.15) is 34.1 Å². The van der Waals surface area contributed by atoms with Gasteiger partial charge in [0.25, 0.3) is 5.91 Å². The van der Waals surface area contributed by atoms with E-state index < -0.39 is 10.0 Å². The third-order valence-corrected chi connectivity index (χ3v) is 9.07. The summed E-state index contributed by atoms with van der Waals surface area (Å²) < 4.78 is 40.3. The quantitative estimate of drug-likeness (QED) is 0.320.